The van der Waals surface area contributed by atoms with Gasteiger partial charge in [0.25, 0.3) is 0 Å². The van der Waals surface area contributed by atoms with Crippen LogP contribution in [0.1, 0.15) is 56.8 Å². The van der Waals surface area contributed by atoms with Crippen LogP contribution in [0.4, 0.5) is 0 Å². The highest BCUT2D eigenvalue weighted by molar-refractivity contribution is 6.01. The van der Waals surface area contributed by atoms with E-state index >= 15 is 0 Å². The lowest BCUT2D eigenvalue weighted by Crippen LogP contribution is -2.45. The maximum atomic E-state index is 13.1. The topological polar surface area (TPSA) is 38.3 Å². The van der Waals surface area contributed by atoms with Crippen molar-refractivity contribution in [2.75, 3.05) is 13.1 Å². The van der Waals surface area contributed by atoms with Crippen molar-refractivity contribution in [3.8, 4) is 5.75 Å². The Morgan fingerprint density at radius 2 is 2.24 bits per heavy atom. The molecule has 0 aliphatic carbocycles. The lowest BCUT2D eigenvalue weighted by molar-refractivity contribution is 0.0717. The van der Waals surface area contributed by atoms with Gasteiger partial charge in [-0.2, -0.15) is 0 Å². The fraction of sp³-hybridized carbons (Fsp3) is 0.611. The second-order valence-electron chi connectivity index (χ2n) is 6.33. The Bertz CT molecular complexity index is 470. The van der Waals surface area contributed by atoms with E-state index in [0.29, 0.717) is 0 Å². The summed E-state index contributed by atoms with van der Waals surface area (Å²) in [5, 5.41) is 3.41. The van der Waals surface area contributed by atoms with Crippen LogP contribution in [0.5, 0.6) is 5.75 Å². The molecule has 1 aliphatic heterocycles. The molecular formula is C18H27NO2. The Morgan fingerprint density at radius 1 is 1.43 bits per heavy atom. The minimum atomic E-state index is -0.233. The highest BCUT2D eigenvalue weighted by atomic mass is 16.5. The van der Waals surface area contributed by atoms with E-state index in [1.165, 1.54) is 0 Å². The highest BCUT2D eigenvalue weighted by Gasteiger charge is 2.39. The van der Waals surface area contributed by atoms with E-state index in [0.717, 1.165) is 50.1 Å². The third kappa shape index (κ3) is 3.85. The number of Topliss-reactive ketones (excluding diaryl/α,β-unsaturated/α-hetero) is 1. The zero-order valence-corrected chi connectivity index (χ0v) is 13.4. The molecule has 1 N–H and O–H groups in total. The van der Waals surface area contributed by atoms with Crippen molar-refractivity contribution in [3.05, 3.63) is 29.8 Å². The molecule has 3 nitrogen and oxygen atoms in total. The van der Waals surface area contributed by atoms with Crippen molar-refractivity contribution in [2.24, 2.45) is 5.41 Å². The average molecular weight is 289 g/mol. The molecule has 0 aromatic heterocycles. The van der Waals surface area contributed by atoms with Crippen LogP contribution in [0.15, 0.2) is 24.3 Å². The maximum Gasteiger partial charge on any atom is 0.170 e. The van der Waals surface area contributed by atoms with Crippen LogP contribution in [0, 0.1) is 5.41 Å². The number of carbonyl (C=O) groups excluding carboxylic acids is 1. The van der Waals surface area contributed by atoms with Gasteiger partial charge in [0.2, 0.25) is 0 Å². The fourth-order valence-corrected chi connectivity index (χ4v) is 3.26. The molecule has 1 fully saturated rings. The van der Waals surface area contributed by atoms with Gasteiger partial charge in [-0.3, -0.25) is 4.79 Å². The molecule has 0 radical (unpaired) electrons. The summed E-state index contributed by atoms with van der Waals surface area (Å²) in [7, 11) is 0. The summed E-state index contributed by atoms with van der Waals surface area (Å²) in [5.41, 5.74) is 0.550. The average Bonchev–Trinajstić information content (AvgIpc) is 2.47. The van der Waals surface area contributed by atoms with Crippen molar-refractivity contribution in [3.63, 3.8) is 0 Å². The summed E-state index contributed by atoms with van der Waals surface area (Å²) in [6, 6.07) is 7.65. The molecule has 21 heavy (non-hydrogen) atoms. The van der Waals surface area contributed by atoms with Gasteiger partial charge in [-0.15, -0.1) is 0 Å². The number of hydrogen-bond acceptors (Lipinski definition) is 3. The molecule has 1 saturated heterocycles. The predicted molar refractivity (Wildman–Crippen MR) is 86.0 cm³/mol. The van der Waals surface area contributed by atoms with Gasteiger partial charge in [-0.05, 0) is 51.8 Å². The van der Waals surface area contributed by atoms with Crippen LogP contribution < -0.4 is 10.1 Å². The first-order chi connectivity index (χ1) is 10.1. The van der Waals surface area contributed by atoms with Crippen molar-refractivity contribution >= 4 is 5.78 Å². The van der Waals surface area contributed by atoms with Crippen LogP contribution in [-0.4, -0.2) is 25.0 Å². The zero-order valence-electron chi connectivity index (χ0n) is 13.4. The molecule has 1 unspecified atom stereocenters. The fourth-order valence-electron chi connectivity index (χ4n) is 3.26. The molecule has 1 aliphatic rings. The predicted octanol–water partition coefficient (Wildman–Crippen LogP) is 3.83. The van der Waals surface area contributed by atoms with E-state index in [1.807, 2.05) is 38.1 Å². The Hall–Kier alpha value is -1.35. The molecule has 1 atom stereocenters. The smallest absolute Gasteiger partial charge is 0.170 e. The summed E-state index contributed by atoms with van der Waals surface area (Å²) in [5.74, 6) is 1.05. The third-order valence-electron chi connectivity index (χ3n) is 4.15. The van der Waals surface area contributed by atoms with Crippen molar-refractivity contribution in [1.29, 1.82) is 0 Å². The minimum Gasteiger partial charge on any atom is -0.491 e. The number of ketones is 1. The summed E-state index contributed by atoms with van der Waals surface area (Å²) in [4.78, 5) is 13.1. The van der Waals surface area contributed by atoms with Gasteiger partial charge in [-0.1, -0.05) is 25.5 Å². The second kappa shape index (κ2) is 7.08. The van der Waals surface area contributed by atoms with E-state index in [4.69, 9.17) is 4.74 Å². The monoisotopic (exact) mass is 289 g/mol. The van der Waals surface area contributed by atoms with E-state index in [2.05, 4.69) is 12.2 Å². The van der Waals surface area contributed by atoms with Crippen LogP contribution in [0.2, 0.25) is 0 Å². The molecule has 2 rings (SSSR count). The zero-order chi connectivity index (χ0) is 15.3. The Morgan fingerprint density at radius 3 is 2.86 bits per heavy atom. The second-order valence-corrected chi connectivity index (χ2v) is 6.33. The first-order valence-corrected chi connectivity index (χ1v) is 8.09. The molecule has 0 spiro atoms. The molecule has 3 heteroatoms. The van der Waals surface area contributed by atoms with Crippen molar-refractivity contribution < 1.29 is 9.53 Å². The number of rotatable bonds is 6. The number of carbonyl (C=O) groups is 1. The molecule has 1 aromatic carbocycles. The van der Waals surface area contributed by atoms with Gasteiger partial charge in [0.05, 0.1) is 6.10 Å². The SMILES string of the molecule is CCCC1(C(=O)c2cccc(OC(C)C)c2)CCCNC1. The van der Waals surface area contributed by atoms with Crippen molar-refractivity contribution in [1.82, 2.24) is 5.32 Å². The highest BCUT2D eigenvalue weighted by Crippen LogP contribution is 2.36. The summed E-state index contributed by atoms with van der Waals surface area (Å²) in [6.07, 6.45) is 4.18. The molecule has 0 saturated carbocycles. The van der Waals surface area contributed by atoms with Crippen LogP contribution >= 0.6 is 0 Å². The van der Waals surface area contributed by atoms with E-state index in [-0.39, 0.29) is 17.3 Å². The molecule has 0 bridgehead atoms. The summed E-state index contributed by atoms with van der Waals surface area (Å²) in [6.45, 7) is 7.97. The van der Waals surface area contributed by atoms with E-state index < -0.39 is 0 Å². The summed E-state index contributed by atoms with van der Waals surface area (Å²) < 4.78 is 5.72. The molecule has 116 valence electrons. The Balaban J connectivity index is 2.24. The number of hydrogen-bond donors (Lipinski definition) is 1. The van der Waals surface area contributed by atoms with Gasteiger partial charge in [0, 0.05) is 17.5 Å². The van der Waals surface area contributed by atoms with Crippen LogP contribution in [0.3, 0.4) is 0 Å². The van der Waals surface area contributed by atoms with E-state index in [1.54, 1.807) is 0 Å². The van der Waals surface area contributed by atoms with Crippen LogP contribution in [-0.2, 0) is 0 Å². The van der Waals surface area contributed by atoms with Crippen molar-refractivity contribution in [2.45, 2.75) is 52.6 Å². The number of piperidine rings is 1. The van der Waals surface area contributed by atoms with Gasteiger partial charge in [0.15, 0.2) is 5.78 Å². The normalized spacial score (nSPS) is 22.3. The largest absolute Gasteiger partial charge is 0.491 e. The third-order valence-corrected chi connectivity index (χ3v) is 4.15. The standard InChI is InChI=1S/C18H27NO2/c1-4-9-18(10-6-11-19-13-18)17(20)15-7-5-8-16(12-15)21-14(2)3/h5,7-8,12,14,19H,4,6,9-11,13H2,1-3H3. The van der Waals surface area contributed by atoms with Gasteiger partial charge < -0.3 is 10.1 Å². The minimum absolute atomic E-state index is 0.122. The van der Waals surface area contributed by atoms with Gasteiger partial charge in [0.1, 0.15) is 5.75 Å². The summed E-state index contributed by atoms with van der Waals surface area (Å²) >= 11 is 0. The molecule has 0 amide bonds. The number of nitrogens with one attached hydrogen (secondary N) is 1. The number of ether oxygens (including phenoxy) is 1. The number of benzene rings is 1. The van der Waals surface area contributed by atoms with Crippen LogP contribution in [0.25, 0.3) is 0 Å². The lowest BCUT2D eigenvalue weighted by atomic mass is 9.71. The first kappa shape index (κ1) is 16.0. The quantitative estimate of drug-likeness (QED) is 0.809. The van der Waals surface area contributed by atoms with Gasteiger partial charge >= 0.3 is 0 Å². The molecule has 1 aromatic rings. The Kier molecular flexibility index (Phi) is 5.40. The Labute approximate surface area is 128 Å². The first-order valence-electron chi connectivity index (χ1n) is 8.09. The molecule has 1 heterocycles. The maximum absolute atomic E-state index is 13.1. The lowest BCUT2D eigenvalue weighted by Gasteiger charge is -2.36. The molecular weight excluding hydrogens is 262 g/mol. The van der Waals surface area contributed by atoms with Gasteiger partial charge in [-0.25, -0.2) is 0 Å². The van der Waals surface area contributed by atoms with E-state index in [9.17, 15) is 4.79 Å².